The molecule has 0 nitrogen and oxygen atoms in total. The van der Waals surface area contributed by atoms with Gasteiger partial charge in [0.25, 0.3) is 0 Å². The van der Waals surface area contributed by atoms with Crippen molar-refractivity contribution in [2.24, 2.45) is 0 Å². The van der Waals surface area contributed by atoms with Crippen molar-refractivity contribution in [3.63, 3.8) is 0 Å². The zero-order chi connectivity index (χ0) is 29.8. The molecule has 224 valence electrons. The average molecular weight is 705 g/mol. The second kappa shape index (κ2) is 13.9. The molecule has 0 atom stereocenters. The monoisotopic (exact) mass is 704 g/mol. The second-order valence-corrected chi connectivity index (χ2v) is 44.4. The van der Waals surface area contributed by atoms with Crippen molar-refractivity contribution in [2.45, 2.75) is 101 Å². The molecule has 0 saturated heterocycles. The molecule has 0 N–H and O–H groups in total. The van der Waals surface area contributed by atoms with Gasteiger partial charge in [-0.1, -0.05) is 149 Å². The third kappa shape index (κ3) is 8.97. The highest BCUT2D eigenvalue weighted by molar-refractivity contribution is 7.27. The van der Waals surface area contributed by atoms with Crippen LogP contribution in [-0.2, 0) is 0 Å². The molecule has 4 aromatic heterocycles. The van der Waals surface area contributed by atoms with Crippen molar-refractivity contribution in [1.29, 1.82) is 0 Å². The van der Waals surface area contributed by atoms with E-state index in [0.29, 0.717) is 0 Å². The fraction of sp³-hybridized carbons (Fsp3) is 0.500. The lowest BCUT2D eigenvalue weighted by Crippen LogP contribution is -2.49. The molecule has 0 bridgehead atoms. The van der Waals surface area contributed by atoms with E-state index in [-0.39, 0.29) is 0 Å². The Labute approximate surface area is 272 Å². The molecule has 4 rings (SSSR count). The van der Waals surface area contributed by atoms with Crippen LogP contribution in [-0.4, -0.2) is 40.4 Å². The van der Waals surface area contributed by atoms with Gasteiger partial charge in [0.05, 0.1) is 40.4 Å². The number of hydrogen-bond acceptors (Lipinski definition) is 4. The molecule has 0 unspecified atom stereocenters. The van der Waals surface area contributed by atoms with Gasteiger partial charge < -0.3 is 0 Å². The SMILES string of the molecule is C[Si](C)(CC[Si](CC[Si](C)(C)c1cccs1)(CC[Si](C)(C)c1cccs1)CC[Si](C)(C)c1cccs1)c1cccs1. The van der Waals surface area contributed by atoms with E-state index >= 15 is 0 Å². The molecule has 0 aromatic carbocycles. The first-order valence-corrected chi connectivity index (χ1v) is 34.6. The van der Waals surface area contributed by atoms with Crippen molar-refractivity contribution >= 4 is 104 Å². The zero-order valence-corrected chi connectivity index (χ0v) is 35.0. The van der Waals surface area contributed by atoms with Crippen LogP contribution in [0.2, 0.25) is 101 Å². The second-order valence-electron chi connectivity index (χ2n) is 14.9. The van der Waals surface area contributed by atoms with Gasteiger partial charge in [-0.15, -0.1) is 0 Å². The molecule has 9 heteroatoms. The fourth-order valence-electron chi connectivity index (χ4n) is 6.21. The lowest BCUT2D eigenvalue weighted by molar-refractivity contribution is 1.07. The van der Waals surface area contributed by atoms with Crippen LogP contribution in [0.25, 0.3) is 0 Å². The summed E-state index contributed by atoms with van der Waals surface area (Å²) in [5.74, 6) is 0. The predicted molar refractivity (Wildman–Crippen MR) is 210 cm³/mol. The summed E-state index contributed by atoms with van der Waals surface area (Å²) < 4.78 is 6.87. The average Bonchev–Trinajstić information content (AvgIpc) is 3.74. The summed E-state index contributed by atoms with van der Waals surface area (Å²) in [7, 11) is -7.24. The fourth-order valence-corrected chi connectivity index (χ4v) is 38.4. The summed E-state index contributed by atoms with van der Waals surface area (Å²) in [5.41, 5.74) is 0. The Morgan fingerprint density at radius 1 is 0.366 bits per heavy atom. The lowest BCUT2D eigenvalue weighted by Gasteiger charge is -2.40. The largest absolute Gasteiger partial charge is 0.154 e. The number of thiophene rings is 4. The summed E-state index contributed by atoms with van der Waals surface area (Å²) in [6.45, 7) is 21.3. The van der Waals surface area contributed by atoms with E-state index in [1.165, 1.54) is 24.2 Å². The molecule has 0 aliphatic rings. The maximum Gasteiger partial charge on any atom is 0.0931 e. The highest BCUT2D eigenvalue weighted by Gasteiger charge is 2.41. The van der Waals surface area contributed by atoms with Crippen LogP contribution in [0.1, 0.15) is 0 Å². The van der Waals surface area contributed by atoms with Gasteiger partial charge in [0.1, 0.15) is 0 Å². The Balaban J connectivity index is 1.65. The van der Waals surface area contributed by atoms with Gasteiger partial charge in [-0.2, -0.15) is 45.3 Å². The molecule has 0 aliphatic carbocycles. The standard InChI is InChI=1S/C32H52S4Si5/c1-37(2,29-13-9-17-33-29)21-25-41(26-22-38(3,4)30-14-10-18-34-30,27-23-39(5,6)31-15-11-19-35-31)28-24-40(7,8)32-16-12-20-36-32/h9-20H,21-28H2,1-8H3. The number of hydrogen-bond donors (Lipinski definition) is 0. The molecule has 41 heavy (non-hydrogen) atoms. The first-order valence-electron chi connectivity index (χ1n) is 15.4. The van der Waals surface area contributed by atoms with Gasteiger partial charge in [-0.3, -0.25) is 0 Å². The van der Waals surface area contributed by atoms with Crippen LogP contribution < -0.4 is 18.0 Å². The molecular weight excluding hydrogens is 653 g/mol. The molecule has 0 aliphatic heterocycles. The van der Waals surface area contributed by atoms with Crippen molar-refractivity contribution < 1.29 is 0 Å². The van der Waals surface area contributed by atoms with E-state index in [0.717, 1.165) is 0 Å². The van der Waals surface area contributed by atoms with E-state index in [9.17, 15) is 0 Å². The quantitative estimate of drug-likeness (QED) is 0.102. The Morgan fingerprint density at radius 3 is 0.756 bits per heavy atom. The smallest absolute Gasteiger partial charge is 0.0931 e. The highest BCUT2D eigenvalue weighted by Crippen LogP contribution is 2.40. The van der Waals surface area contributed by atoms with Crippen molar-refractivity contribution in [3.8, 4) is 0 Å². The molecular formula is C32H52S4Si5. The Hall–Kier alpha value is -0.116. The Morgan fingerprint density at radius 2 is 0.585 bits per heavy atom. The van der Waals surface area contributed by atoms with Gasteiger partial charge in [-0.05, 0) is 39.5 Å². The van der Waals surface area contributed by atoms with Crippen LogP contribution in [0.3, 0.4) is 0 Å². The highest BCUT2D eigenvalue weighted by atomic mass is 32.1. The maximum absolute atomic E-state index is 2.66. The van der Waals surface area contributed by atoms with E-state index in [2.05, 4.69) is 122 Å². The summed E-state index contributed by atoms with van der Waals surface area (Å²) in [6, 6.07) is 31.2. The minimum atomic E-state index is -1.53. The summed E-state index contributed by atoms with van der Waals surface area (Å²) >= 11 is 8.12. The van der Waals surface area contributed by atoms with Gasteiger partial charge in [0, 0.05) is 0 Å². The topological polar surface area (TPSA) is 0 Å². The van der Waals surface area contributed by atoms with Crippen LogP contribution in [0.5, 0.6) is 0 Å². The third-order valence-corrected chi connectivity index (χ3v) is 39.9. The summed E-state index contributed by atoms with van der Waals surface area (Å²) in [4.78, 5) is 0. The first-order chi connectivity index (χ1) is 19.2. The molecule has 0 fully saturated rings. The number of rotatable bonds is 16. The van der Waals surface area contributed by atoms with E-state index in [1.807, 2.05) is 45.3 Å². The first kappa shape index (κ1) is 33.8. The molecule has 0 saturated carbocycles. The van der Waals surface area contributed by atoms with E-state index < -0.39 is 40.4 Å². The van der Waals surface area contributed by atoms with Gasteiger partial charge in [0.15, 0.2) is 0 Å². The molecule has 4 aromatic rings. The van der Waals surface area contributed by atoms with Gasteiger partial charge in [-0.25, -0.2) is 0 Å². The Kier molecular flexibility index (Phi) is 11.4. The minimum absolute atomic E-state index is 1.43. The van der Waals surface area contributed by atoms with Gasteiger partial charge in [0.2, 0.25) is 0 Å². The lowest BCUT2D eigenvalue weighted by atomic mass is 10.7. The van der Waals surface area contributed by atoms with Crippen molar-refractivity contribution in [3.05, 3.63) is 70.1 Å². The molecule has 0 radical (unpaired) electrons. The molecule has 0 amide bonds. The Bertz CT molecular complexity index is 1080. The normalized spacial score (nSPS) is 13.7. The third-order valence-electron chi connectivity index (χ3n) is 9.87. The summed E-state index contributed by atoms with van der Waals surface area (Å²) in [6.07, 6.45) is 0. The zero-order valence-electron chi connectivity index (χ0n) is 26.7. The van der Waals surface area contributed by atoms with Crippen LogP contribution >= 0.6 is 45.3 Å². The minimum Gasteiger partial charge on any atom is -0.154 e. The van der Waals surface area contributed by atoms with E-state index in [4.69, 9.17) is 0 Å². The van der Waals surface area contributed by atoms with Crippen molar-refractivity contribution in [2.75, 3.05) is 0 Å². The van der Waals surface area contributed by atoms with E-state index in [1.54, 1.807) is 42.2 Å². The van der Waals surface area contributed by atoms with Crippen LogP contribution in [0, 0.1) is 0 Å². The summed E-state index contributed by atoms with van der Waals surface area (Å²) in [5, 5.41) is 9.25. The van der Waals surface area contributed by atoms with Crippen molar-refractivity contribution in [1.82, 2.24) is 0 Å². The molecule has 0 spiro atoms. The van der Waals surface area contributed by atoms with Crippen LogP contribution in [0.15, 0.2) is 70.1 Å². The predicted octanol–water partition coefficient (Wildman–Crippen LogP) is 10.1. The van der Waals surface area contributed by atoms with Gasteiger partial charge >= 0.3 is 0 Å². The molecule has 4 heterocycles. The van der Waals surface area contributed by atoms with Crippen LogP contribution in [0.4, 0.5) is 0 Å². The maximum atomic E-state index is 2.66.